The number of nitrogens with one attached hydrogen (secondary N) is 1. The number of ether oxygens (including phenoxy) is 1. The zero-order chi connectivity index (χ0) is 21.7. The minimum Gasteiger partial charge on any atom is -0.406 e. The fraction of sp³-hybridized carbons (Fsp3) is 0.250. The number of nitrogens with zero attached hydrogens (tertiary/aromatic N) is 3. The van der Waals surface area contributed by atoms with E-state index in [-0.39, 0.29) is 17.4 Å². The highest BCUT2D eigenvalue weighted by Gasteiger charge is 2.31. The number of aromatic nitrogens is 3. The van der Waals surface area contributed by atoms with Crippen molar-refractivity contribution in [3.63, 3.8) is 0 Å². The zero-order valence-corrected chi connectivity index (χ0v) is 17.0. The zero-order valence-electron chi connectivity index (χ0n) is 16.2. The van der Waals surface area contributed by atoms with Crippen LogP contribution in [-0.2, 0) is 11.3 Å². The molecule has 0 aliphatic rings. The Bertz CT molecular complexity index is 1020. The Morgan fingerprint density at radius 1 is 1.13 bits per heavy atom. The van der Waals surface area contributed by atoms with Gasteiger partial charge in [-0.1, -0.05) is 36.0 Å². The van der Waals surface area contributed by atoms with Crippen molar-refractivity contribution in [3.05, 3.63) is 54.1 Å². The number of benzene rings is 2. The first kappa shape index (κ1) is 21.7. The number of thioether (sulfide) groups is 1. The molecule has 0 radical (unpaired) electrons. The third-order valence-electron chi connectivity index (χ3n) is 4.12. The second-order valence-electron chi connectivity index (χ2n) is 6.27. The highest BCUT2D eigenvalue weighted by Crippen LogP contribution is 2.27. The van der Waals surface area contributed by atoms with Crippen LogP contribution in [0.4, 0.5) is 18.9 Å². The van der Waals surface area contributed by atoms with E-state index in [1.54, 1.807) is 0 Å². The van der Waals surface area contributed by atoms with Gasteiger partial charge < -0.3 is 14.6 Å². The molecule has 1 heterocycles. The number of rotatable bonds is 7. The van der Waals surface area contributed by atoms with E-state index in [1.165, 1.54) is 23.9 Å². The lowest BCUT2D eigenvalue weighted by Crippen LogP contribution is -2.17. The molecule has 0 aliphatic heterocycles. The Morgan fingerprint density at radius 2 is 1.83 bits per heavy atom. The maximum atomic E-state index is 12.2. The normalized spacial score (nSPS) is 11.4. The molecule has 158 valence electrons. The van der Waals surface area contributed by atoms with Gasteiger partial charge in [-0.15, -0.1) is 23.4 Å². The van der Waals surface area contributed by atoms with Crippen molar-refractivity contribution < 1.29 is 22.7 Å². The highest BCUT2D eigenvalue weighted by atomic mass is 32.2. The van der Waals surface area contributed by atoms with Crippen LogP contribution in [0.2, 0.25) is 0 Å². The fourth-order valence-electron chi connectivity index (χ4n) is 2.77. The summed E-state index contributed by atoms with van der Waals surface area (Å²) in [5.41, 5.74) is 2.42. The van der Waals surface area contributed by atoms with Gasteiger partial charge in [0.05, 0.1) is 5.75 Å². The molecule has 30 heavy (non-hydrogen) atoms. The molecule has 2 aromatic carbocycles. The molecular weight excluding hydrogens is 417 g/mol. The summed E-state index contributed by atoms with van der Waals surface area (Å²) in [6.45, 7) is 4.61. The lowest BCUT2D eigenvalue weighted by molar-refractivity contribution is -0.274. The molecule has 0 spiro atoms. The van der Waals surface area contributed by atoms with E-state index in [0.29, 0.717) is 17.4 Å². The molecule has 0 saturated carbocycles. The van der Waals surface area contributed by atoms with E-state index < -0.39 is 6.36 Å². The molecule has 6 nitrogen and oxygen atoms in total. The van der Waals surface area contributed by atoms with Crippen molar-refractivity contribution in [2.24, 2.45) is 0 Å². The largest absolute Gasteiger partial charge is 0.573 e. The molecule has 0 atom stereocenters. The van der Waals surface area contributed by atoms with Crippen LogP contribution in [0.25, 0.3) is 11.4 Å². The average molecular weight is 436 g/mol. The van der Waals surface area contributed by atoms with Gasteiger partial charge in [0.15, 0.2) is 11.0 Å². The fourth-order valence-corrected chi connectivity index (χ4v) is 3.57. The molecule has 1 aromatic heterocycles. The Kier molecular flexibility index (Phi) is 6.66. The number of hydrogen-bond acceptors (Lipinski definition) is 5. The van der Waals surface area contributed by atoms with E-state index in [2.05, 4.69) is 20.3 Å². The van der Waals surface area contributed by atoms with Gasteiger partial charge in [-0.05, 0) is 43.7 Å². The van der Waals surface area contributed by atoms with E-state index in [4.69, 9.17) is 0 Å². The van der Waals surface area contributed by atoms with E-state index in [1.807, 2.05) is 42.7 Å². The molecule has 0 fully saturated rings. The van der Waals surface area contributed by atoms with Gasteiger partial charge in [0.2, 0.25) is 5.91 Å². The number of anilines is 1. The van der Waals surface area contributed by atoms with Crippen molar-refractivity contribution in [1.82, 2.24) is 14.8 Å². The number of alkyl halides is 3. The first-order valence-electron chi connectivity index (χ1n) is 9.04. The second kappa shape index (κ2) is 9.21. The SMILES string of the molecule is CCn1c(SCC(=O)Nc2ccc(OC(F)(F)F)cc2)nnc1-c1ccccc1C. The summed E-state index contributed by atoms with van der Waals surface area (Å²) in [5, 5.41) is 11.7. The lowest BCUT2D eigenvalue weighted by atomic mass is 10.1. The summed E-state index contributed by atoms with van der Waals surface area (Å²) in [5.74, 6) is 0.146. The van der Waals surface area contributed by atoms with Gasteiger partial charge in [-0.25, -0.2) is 0 Å². The van der Waals surface area contributed by atoms with Gasteiger partial charge in [0.25, 0.3) is 0 Å². The molecule has 0 saturated heterocycles. The van der Waals surface area contributed by atoms with E-state index in [9.17, 15) is 18.0 Å². The molecule has 3 rings (SSSR count). The molecule has 0 unspecified atom stereocenters. The van der Waals surface area contributed by atoms with Crippen LogP contribution < -0.4 is 10.1 Å². The minimum absolute atomic E-state index is 0.0761. The summed E-state index contributed by atoms with van der Waals surface area (Å²) in [7, 11) is 0. The first-order chi connectivity index (χ1) is 14.3. The van der Waals surface area contributed by atoms with Crippen LogP contribution >= 0.6 is 11.8 Å². The van der Waals surface area contributed by atoms with Crippen LogP contribution in [-0.4, -0.2) is 32.8 Å². The predicted molar refractivity (Wildman–Crippen MR) is 108 cm³/mol. The monoisotopic (exact) mass is 436 g/mol. The third kappa shape index (κ3) is 5.53. The Balaban J connectivity index is 1.62. The smallest absolute Gasteiger partial charge is 0.406 e. The summed E-state index contributed by atoms with van der Waals surface area (Å²) in [6.07, 6.45) is -4.76. The number of carbonyl (C=O) groups excluding carboxylic acids is 1. The van der Waals surface area contributed by atoms with E-state index in [0.717, 1.165) is 29.1 Å². The summed E-state index contributed by atoms with van der Waals surface area (Å²) in [4.78, 5) is 12.2. The average Bonchev–Trinajstić information content (AvgIpc) is 3.10. The van der Waals surface area contributed by atoms with Crippen molar-refractivity contribution in [3.8, 4) is 17.1 Å². The molecule has 1 amide bonds. The Labute approximate surface area is 175 Å². The number of aryl methyl sites for hydroxylation is 1. The number of halogens is 3. The molecule has 1 N–H and O–H groups in total. The van der Waals surface area contributed by atoms with Crippen molar-refractivity contribution in [2.75, 3.05) is 11.1 Å². The maximum absolute atomic E-state index is 12.2. The maximum Gasteiger partial charge on any atom is 0.573 e. The van der Waals surface area contributed by atoms with Gasteiger partial charge in [-0.2, -0.15) is 0 Å². The Morgan fingerprint density at radius 3 is 2.47 bits per heavy atom. The van der Waals surface area contributed by atoms with Gasteiger partial charge in [0, 0.05) is 17.8 Å². The number of hydrogen-bond donors (Lipinski definition) is 1. The highest BCUT2D eigenvalue weighted by molar-refractivity contribution is 7.99. The number of amides is 1. The van der Waals surface area contributed by atoms with Crippen LogP contribution in [0.1, 0.15) is 12.5 Å². The lowest BCUT2D eigenvalue weighted by Gasteiger charge is -2.10. The van der Waals surface area contributed by atoms with Crippen LogP contribution in [0, 0.1) is 6.92 Å². The van der Waals surface area contributed by atoms with Crippen LogP contribution in [0.15, 0.2) is 53.7 Å². The van der Waals surface area contributed by atoms with Gasteiger partial charge in [-0.3, -0.25) is 4.79 Å². The Hall–Kier alpha value is -3.01. The third-order valence-corrected chi connectivity index (χ3v) is 5.09. The molecule has 3 aromatic rings. The standard InChI is InChI=1S/C20H19F3N4O2S/c1-3-27-18(16-7-5-4-6-13(16)2)25-26-19(27)30-12-17(28)24-14-8-10-15(11-9-14)29-20(21,22)23/h4-11H,3,12H2,1-2H3,(H,24,28). The topological polar surface area (TPSA) is 69.0 Å². The number of carbonyl (C=O) groups is 1. The van der Waals surface area contributed by atoms with Crippen molar-refractivity contribution in [2.45, 2.75) is 31.9 Å². The second-order valence-corrected chi connectivity index (χ2v) is 7.22. The van der Waals surface area contributed by atoms with E-state index >= 15 is 0 Å². The summed E-state index contributed by atoms with van der Waals surface area (Å²) >= 11 is 1.24. The molecule has 10 heteroatoms. The molecular formula is C20H19F3N4O2S. The molecule has 0 bridgehead atoms. The quantitative estimate of drug-likeness (QED) is 0.534. The summed E-state index contributed by atoms with van der Waals surface area (Å²) < 4.78 is 42.3. The van der Waals surface area contributed by atoms with Gasteiger partial charge >= 0.3 is 6.36 Å². The molecule has 0 aliphatic carbocycles. The minimum atomic E-state index is -4.76. The summed E-state index contributed by atoms with van der Waals surface area (Å²) in [6, 6.07) is 12.8. The van der Waals surface area contributed by atoms with Crippen LogP contribution in [0.3, 0.4) is 0 Å². The van der Waals surface area contributed by atoms with Crippen LogP contribution in [0.5, 0.6) is 5.75 Å². The van der Waals surface area contributed by atoms with Crippen molar-refractivity contribution >= 4 is 23.4 Å². The first-order valence-corrected chi connectivity index (χ1v) is 10.0. The predicted octanol–water partition coefficient (Wildman–Crippen LogP) is 4.90. The van der Waals surface area contributed by atoms with Crippen molar-refractivity contribution in [1.29, 1.82) is 0 Å². The van der Waals surface area contributed by atoms with Gasteiger partial charge in [0.1, 0.15) is 5.75 Å².